The van der Waals surface area contributed by atoms with Crippen LogP contribution in [0.3, 0.4) is 0 Å². The summed E-state index contributed by atoms with van der Waals surface area (Å²) >= 11 is 0. The number of aliphatic hydroxyl groups excluding tert-OH is 1. The minimum absolute atomic E-state index is 0.439. The molecule has 0 aromatic carbocycles. The van der Waals surface area contributed by atoms with Crippen LogP contribution in [0, 0.1) is 0 Å². The highest BCUT2D eigenvalue weighted by molar-refractivity contribution is 7.39. The summed E-state index contributed by atoms with van der Waals surface area (Å²) in [7, 11) is -2.42. The molecule has 0 bridgehead atoms. The molecule has 0 aliphatic carbocycles. The predicted octanol–water partition coefficient (Wildman–Crippen LogP) is 0.696. The standard InChI is InChI=1S/C6H15O5P/c1-3-5(7)10-6(4-2)11-12(8)9/h5-9H,3-4H2,1-2H3. The van der Waals surface area contributed by atoms with Gasteiger partial charge >= 0.3 is 8.60 Å². The first kappa shape index (κ1) is 12.2. The van der Waals surface area contributed by atoms with Gasteiger partial charge in [0.05, 0.1) is 0 Å². The van der Waals surface area contributed by atoms with E-state index in [1.807, 2.05) is 0 Å². The Hall–Kier alpha value is 0.230. The lowest BCUT2D eigenvalue weighted by atomic mass is 10.4. The summed E-state index contributed by atoms with van der Waals surface area (Å²) in [4.78, 5) is 17.0. The molecule has 2 atom stereocenters. The van der Waals surface area contributed by atoms with Crippen LogP contribution in [-0.4, -0.2) is 27.5 Å². The molecule has 2 unspecified atom stereocenters. The highest BCUT2D eigenvalue weighted by Crippen LogP contribution is 2.28. The van der Waals surface area contributed by atoms with Crippen molar-refractivity contribution in [3.05, 3.63) is 0 Å². The zero-order valence-corrected chi connectivity index (χ0v) is 8.07. The van der Waals surface area contributed by atoms with Crippen molar-refractivity contribution in [2.45, 2.75) is 39.3 Å². The molecule has 5 nitrogen and oxygen atoms in total. The van der Waals surface area contributed by atoms with Crippen LogP contribution in [0.2, 0.25) is 0 Å². The Morgan fingerprint density at radius 1 is 1.25 bits per heavy atom. The minimum Gasteiger partial charge on any atom is -0.368 e. The Kier molecular flexibility index (Phi) is 6.84. The summed E-state index contributed by atoms with van der Waals surface area (Å²) in [6, 6.07) is 0. The summed E-state index contributed by atoms with van der Waals surface area (Å²) in [5.41, 5.74) is 0. The molecule has 0 saturated heterocycles. The first-order valence-electron chi connectivity index (χ1n) is 3.78. The fraction of sp³-hybridized carbons (Fsp3) is 1.00. The molecule has 0 amide bonds. The van der Waals surface area contributed by atoms with Crippen molar-refractivity contribution in [1.29, 1.82) is 0 Å². The third-order valence-corrected chi connectivity index (χ3v) is 1.63. The Morgan fingerprint density at radius 3 is 2.17 bits per heavy atom. The summed E-state index contributed by atoms with van der Waals surface area (Å²) in [6.07, 6.45) is -0.767. The lowest BCUT2D eigenvalue weighted by molar-refractivity contribution is -0.199. The first-order valence-corrected chi connectivity index (χ1v) is 4.94. The van der Waals surface area contributed by atoms with Crippen molar-refractivity contribution in [3.63, 3.8) is 0 Å². The van der Waals surface area contributed by atoms with Crippen molar-refractivity contribution < 1.29 is 24.2 Å². The molecule has 12 heavy (non-hydrogen) atoms. The summed E-state index contributed by atoms with van der Waals surface area (Å²) in [5, 5.41) is 9.01. The second-order valence-electron chi connectivity index (χ2n) is 2.19. The van der Waals surface area contributed by atoms with Crippen molar-refractivity contribution in [2.75, 3.05) is 0 Å². The number of ether oxygens (including phenoxy) is 1. The zero-order chi connectivity index (χ0) is 9.56. The summed E-state index contributed by atoms with van der Waals surface area (Å²) < 4.78 is 9.45. The summed E-state index contributed by atoms with van der Waals surface area (Å²) in [6.45, 7) is 3.50. The molecular formula is C6H15O5P. The Labute approximate surface area is 72.9 Å². The fourth-order valence-corrected chi connectivity index (χ4v) is 0.981. The topological polar surface area (TPSA) is 79.2 Å². The molecule has 0 fully saturated rings. The van der Waals surface area contributed by atoms with E-state index in [9.17, 15) is 0 Å². The maximum atomic E-state index is 9.01. The van der Waals surface area contributed by atoms with Crippen LogP contribution in [0.4, 0.5) is 0 Å². The zero-order valence-electron chi connectivity index (χ0n) is 7.17. The maximum absolute atomic E-state index is 9.01. The second-order valence-corrected chi connectivity index (χ2v) is 2.91. The Balaban J connectivity index is 3.66. The van der Waals surface area contributed by atoms with Crippen LogP contribution in [0.5, 0.6) is 0 Å². The van der Waals surface area contributed by atoms with E-state index in [1.54, 1.807) is 13.8 Å². The Bertz CT molecular complexity index is 110. The third-order valence-electron chi connectivity index (χ3n) is 1.20. The van der Waals surface area contributed by atoms with Crippen molar-refractivity contribution in [2.24, 2.45) is 0 Å². The third kappa shape index (κ3) is 5.83. The van der Waals surface area contributed by atoms with Crippen LogP contribution in [0.25, 0.3) is 0 Å². The molecule has 3 N–H and O–H groups in total. The van der Waals surface area contributed by atoms with E-state index in [4.69, 9.17) is 19.6 Å². The van der Waals surface area contributed by atoms with E-state index in [0.717, 1.165) is 0 Å². The van der Waals surface area contributed by atoms with E-state index in [0.29, 0.717) is 12.8 Å². The van der Waals surface area contributed by atoms with Crippen LogP contribution in [-0.2, 0) is 9.26 Å². The minimum atomic E-state index is -2.42. The lowest BCUT2D eigenvalue weighted by Gasteiger charge is -2.19. The molecule has 0 saturated carbocycles. The van der Waals surface area contributed by atoms with Gasteiger partial charge in [-0.1, -0.05) is 13.8 Å². The molecule has 0 spiro atoms. The van der Waals surface area contributed by atoms with Crippen LogP contribution < -0.4 is 0 Å². The van der Waals surface area contributed by atoms with Gasteiger partial charge in [-0.05, 0) is 12.8 Å². The van der Waals surface area contributed by atoms with Crippen molar-refractivity contribution in [1.82, 2.24) is 0 Å². The molecule has 6 heteroatoms. The monoisotopic (exact) mass is 198 g/mol. The van der Waals surface area contributed by atoms with Gasteiger partial charge in [0, 0.05) is 0 Å². The van der Waals surface area contributed by atoms with E-state index in [2.05, 4.69) is 4.52 Å². The van der Waals surface area contributed by atoms with Gasteiger partial charge in [-0.15, -0.1) is 0 Å². The average Bonchev–Trinajstić information content (AvgIpc) is 2.02. The molecule has 0 rings (SSSR count). The number of hydrogen-bond donors (Lipinski definition) is 3. The Morgan fingerprint density at radius 2 is 1.83 bits per heavy atom. The summed E-state index contributed by atoms with van der Waals surface area (Å²) in [5.74, 6) is 0. The highest BCUT2D eigenvalue weighted by Gasteiger charge is 2.15. The van der Waals surface area contributed by atoms with Gasteiger partial charge in [0.25, 0.3) is 0 Å². The SMILES string of the molecule is CCC(O)OC(CC)OP(O)O. The number of hydrogen-bond acceptors (Lipinski definition) is 5. The quantitative estimate of drug-likeness (QED) is 0.432. The molecule has 0 aliphatic heterocycles. The van der Waals surface area contributed by atoms with Gasteiger partial charge < -0.3 is 19.6 Å². The molecule has 74 valence electrons. The predicted molar refractivity (Wildman–Crippen MR) is 43.9 cm³/mol. The van der Waals surface area contributed by atoms with E-state index in [1.165, 1.54) is 0 Å². The smallest absolute Gasteiger partial charge is 0.329 e. The molecule has 0 aromatic rings. The normalized spacial score (nSPS) is 16.5. The van der Waals surface area contributed by atoms with Crippen LogP contribution in [0.1, 0.15) is 26.7 Å². The number of rotatable bonds is 6. The largest absolute Gasteiger partial charge is 0.368 e. The van der Waals surface area contributed by atoms with E-state index < -0.39 is 21.2 Å². The van der Waals surface area contributed by atoms with Gasteiger partial charge in [-0.3, -0.25) is 4.52 Å². The van der Waals surface area contributed by atoms with Gasteiger partial charge in [0.15, 0.2) is 12.6 Å². The van der Waals surface area contributed by atoms with E-state index in [-0.39, 0.29) is 0 Å². The van der Waals surface area contributed by atoms with Crippen LogP contribution >= 0.6 is 8.60 Å². The van der Waals surface area contributed by atoms with E-state index >= 15 is 0 Å². The van der Waals surface area contributed by atoms with Crippen molar-refractivity contribution >= 4 is 8.60 Å². The van der Waals surface area contributed by atoms with Gasteiger partial charge in [0.2, 0.25) is 0 Å². The molecule has 0 heterocycles. The highest BCUT2D eigenvalue weighted by atomic mass is 31.2. The van der Waals surface area contributed by atoms with Crippen LogP contribution in [0.15, 0.2) is 0 Å². The number of aliphatic hydroxyl groups is 1. The fourth-order valence-electron chi connectivity index (χ4n) is 0.572. The van der Waals surface area contributed by atoms with Gasteiger partial charge in [-0.2, -0.15) is 0 Å². The van der Waals surface area contributed by atoms with Crippen molar-refractivity contribution in [3.8, 4) is 0 Å². The molecule has 0 aromatic heterocycles. The molecular weight excluding hydrogens is 183 g/mol. The maximum Gasteiger partial charge on any atom is 0.329 e. The van der Waals surface area contributed by atoms with Gasteiger partial charge in [0.1, 0.15) is 0 Å². The van der Waals surface area contributed by atoms with Gasteiger partial charge in [-0.25, -0.2) is 0 Å². The molecule has 0 aliphatic rings. The lowest BCUT2D eigenvalue weighted by Crippen LogP contribution is -2.21. The second kappa shape index (κ2) is 6.71. The first-order chi connectivity index (χ1) is 5.60. The average molecular weight is 198 g/mol. The molecule has 0 radical (unpaired) electrons.